The number of carbonyl (C=O) groups excluding carboxylic acids is 1. The molecule has 0 bridgehead atoms. The quantitative estimate of drug-likeness (QED) is 0.239. The van der Waals surface area contributed by atoms with Crippen LogP contribution in [-0.4, -0.2) is 80.3 Å². The molecule has 0 unspecified atom stereocenters. The average molecular weight is 557 g/mol. The largest absolute Gasteiger partial charge is 0.379 e. The lowest BCUT2D eigenvalue weighted by Gasteiger charge is -2.26. The fraction of sp³-hybridized carbons (Fsp3) is 0.379. The summed E-state index contributed by atoms with van der Waals surface area (Å²) in [5, 5.41) is 16.9. The summed E-state index contributed by atoms with van der Waals surface area (Å²) in [7, 11) is 0. The van der Waals surface area contributed by atoms with E-state index >= 15 is 0 Å². The van der Waals surface area contributed by atoms with Crippen LogP contribution < -0.4 is 16.0 Å². The third-order valence-corrected chi connectivity index (χ3v) is 6.83. The highest BCUT2D eigenvalue weighted by molar-refractivity contribution is 6.03. The molecule has 0 radical (unpaired) electrons. The van der Waals surface area contributed by atoms with E-state index in [1.54, 1.807) is 12.3 Å². The second-order valence-electron chi connectivity index (χ2n) is 11.0. The normalized spacial score (nSPS) is 14.0. The van der Waals surface area contributed by atoms with Crippen molar-refractivity contribution >= 4 is 28.9 Å². The molecule has 1 aliphatic rings. The smallest absolute Gasteiger partial charge is 0.273 e. The van der Waals surface area contributed by atoms with Crippen molar-refractivity contribution in [1.82, 2.24) is 35.0 Å². The molecule has 4 heterocycles. The molecule has 4 aromatic rings. The van der Waals surface area contributed by atoms with Crippen LogP contribution in [0.2, 0.25) is 0 Å². The topological polar surface area (TPSA) is 146 Å². The summed E-state index contributed by atoms with van der Waals surface area (Å²) >= 11 is 0. The number of benzene rings is 1. The average Bonchev–Trinajstić information content (AvgIpc) is 3.48. The first-order valence-electron chi connectivity index (χ1n) is 13.7. The van der Waals surface area contributed by atoms with Crippen molar-refractivity contribution in [3.8, 4) is 11.3 Å². The van der Waals surface area contributed by atoms with Crippen molar-refractivity contribution in [2.45, 2.75) is 33.1 Å². The summed E-state index contributed by atoms with van der Waals surface area (Å²) in [5.41, 5.74) is 4.90. The Morgan fingerprint density at radius 2 is 1.90 bits per heavy atom. The highest BCUT2D eigenvalue weighted by atomic mass is 16.5. The van der Waals surface area contributed by atoms with Gasteiger partial charge in [-0.15, -0.1) is 0 Å². The third-order valence-electron chi connectivity index (χ3n) is 6.83. The minimum Gasteiger partial charge on any atom is -0.379 e. The van der Waals surface area contributed by atoms with Crippen LogP contribution in [0, 0.1) is 6.92 Å². The number of carbonyl (C=O) groups is 1. The van der Waals surface area contributed by atoms with Crippen molar-refractivity contribution in [1.29, 1.82) is 0 Å². The number of aromatic amines is 1. The van der Waals surface area contributed by atoms with Gasteiger partial charge in [-0.3, -0.25) is 14.8 Å². The van der Waals surface area contributed by atoms with Gasteiger partial charge in [0.15, 0.2) is 0 Å². The monoisotopic (exact) mass is 556 g/mol. The summed E-state index contributed by atoms with van der Waals surface area (Å²) < 4.78 is 5.42. The van der Waals surface area contributed by atoms with E-state index in [0.717, 1.165) is 67.7 Å². The predicted molar refractivity (Wildman–Crippen MR) is 159 cm³/mol. The SMILES string of the molecule is Cc1ccc(NC(=O)c2cc(C(C)(C)C)n[nH]2)cc1Nc1ncncc1-c1cc(NCCN2CCOCC2)ncn1. The van der Waals surface area contributed by atoms with Gasteiger partial charge in [-0.1, -0.05) is 26.8 Å². The van der Waals surface area contributed by atoms with Gasteiger partial charge in [0.1, 0.15) is 30.0 Å². The molecular weight excluding hydrogens is 520 g/mol. The van der Waals surface area contributed by atoms with E-state index in [1.165, 1.54) is 12.7 Å². The number of rotatable bonds is 9. The van der Waals surface area contributed by atoms with Gasteiger partial charge in [0.25, 0.3) is 5.91 Å². The van der Waals surface area contributed by atoms with Crippen LogP contribution in [0.3, 0.4) is 0 Å². The number of hydrogen-bond acceptors (Lipinski definition) is 10. The number of H-pyrrole nitrogens is 1. The number of hydrogen-bond donors (Lipinski definition) is 4. The number of aryl methyl sites for hydroxylation is 1. The lowest BCUT2D eigenvalue weighted by atomic mass is 9.92. The fourth-order valence-corrected chi connectivity index (χ4v) is 4.37. The molecule has 12 heteroatoms. The number of aromatic nitrogens is 6. The fourth-order valence-electron chi connectivity index (χ4n) is 4.37. The summed E-state index contributed by atoms with van der Waals surface area (Å²) in [5.74, 6) is 1.06. The van der Waals surface area contributed by atoms with Crippen molar-refractivity contribution in [3.05, 3.63) is 66.1 Å². The first-order chi connectivity index (χ1) is 19.8. The number of ether oxygens (including phenoxy) is 1. The Balaban J connectivity index is 1.29. The summed E-state index contributed by atoms with van der Waals surface area (Å²) in [4.78, 5) is 32.8. The van der Waals surface area contributed by atoms with Gasteiger partial charge in [-0.2, -0.15) is 5.10 Å². The number of morpholine rings is 1. The van der Waals surface area contributed by atoms with Gasteiger partial charge >= 0.3 is 0 Å². The lowest BCUT2D eigenvalue weighted by Crippen LogP contribution is -2.39. The number of nitrogens with zero attached hydrogens (tertiary/aromatic N) is 6. The van der Waals surface area contributed by atoms with E-state index in [0.29, 0.717) is 22.9 Å². The minimum absolute atomic E-state index is 0.158. The van der Waals surface area contributed by atoms with Crippen molar-refractivity contribution in [3.63, 3.8) is 0 Å². The van der Waals surface area contributed by atoms with Crippen molar-refractivity contribution in [2.24, 2.45) is 0 Å². The molecule has 1 fully saturated rings. The molecule has 4 N–H and O–H groups in total. The Bertz CT molecular complexity index is 1490. The second kappa shape index (κ2) is 12.4. The maximum absolute atomic E-state index is 12.9. The summed E-state index contributed by atoms with van der Waals surface area (Å²) in [6, 6.07) is 9.35. The lowest BCUT2D eigenvalue weighted by molar-refractivity contribution is 0.0398. The molecule has 3 aromatic heterocycles. The Morgan fingerprint density at radius 1 is 1.07 bits per heavy atom. The molecule has 12 nitrogen and oxygen atoms in total. The van der Waals surface area contributed by atoms with Crippen molar-refractivity contribution < 1.29 is 9.53 Å². The zero-order valence-corrected chi connectivity index (χ0v) is 23.9. The zero-order chi connectivity index (χ0) is 28.8. The Kier molecular flexibility index (Phi) is 8.50. The second-order valence-corrected chi connectivity index (χ2v) is 11.0. The molecule has 41 heavy (non-hydrogen) atoms. The highest BCUT2D eigenvalue weighted by Gasteiger charge is 2.20. The molecule has 214 valence electrons. The van der Waals surface area contributed by atoms with Crippen LogP contribution >= 0.6 is 0 Å². The third kappa shape index (κ3) is 7.21. The maximum Gasteiger partial charge on any atom is 0.273 e. The van der Waals surface area contributed by atoms with Gasteiger partial charge in [-0.25, -0.2) is 19.9 Å². The number of anilines is 4. The summed E-state index contributed by atoms with van der Waals surface area (Å²) in [6.07, 6.45) is 4.74. The molecular formula is C29H36N10O2. The van der Waals surface area contributed by atoms with E-state index < -0.39 is 0 Å². The molecule has 0 atom stereocenters. The van der Waals surface area contributed by atoms with E-state index in [2.05, 4.69) is 71.8 Å². The standard InChI is InChI=1S/C29H36N10O2/c1-19-5-6-20(35-28(40)24-14-25(38-37-24)29(2,3)4)13-22(19)36-27-21(16-30-17-34-27)23-15-26(33-18-32-23)31-7-8-39-9-11-41-12-10-39/h5-6,13-18H,7-12H2,1-4H3,(H,35,40)(H,37,38)(H,30,34,36)(H,31,32,33). The summed E-state index contributed by atoms with van der Waals surface area (Å²) in [6.45, 7) is 13.3. The molecule has 0 aliphatic carbocycles. The van der Waals surface area contributed by atoms with Crippen LogP contribution in [0.4, 0.5) is 23.0 Å². The Hall–Kier alpha value is -4.42. The molecule has 0 spiro atoms. The van der Waals surface area contributed by atoms with Gasteiger partial charge in [0.2, 0.25) is 0 Å². The molecule has 5 rings (SSSR count). The Morgan fingerprint density at radius 3 is 2.68 bits per heavy atom. The minimum atomic E-state index is -0.264. The van der Waals surface area contributed by atoms with Crippen LogP contribution in [0.5, 0.6) is 0 Å². The van der Waals surface area contributed by atoms with Crippen LogP contribution in [-0.2, 0) is 10.2 Å². The van der Waals surface area contributed by atoms with Gasteiger partial charge in [0.05, 0.1) is 30.2 Å². The Labute approximate surface area is 239 Å². The maximum atomic E-state index is 12.9. The zero-order valence-electron chi connectivity index (χ0n) is 23.9. The number of amides is 1. The van der Waals surface area contributed by atoms with Crippen LogP contribution in [0.1, 0.15) is 42.5 Å². The van der Waals surface area contributed by atoms with Crippen molar-refractivity contribution in [2.75, 3.05) is 55.3 Å². The highest BCUT2D eigenvalue weighted by Crippen LogP contribution is 2.30. The van der Waals surface area contributed by atoms with E-state index in [-0.39, 0.29) is 11.3 Å². The van der Waals surface area contributed by atoms with Gasteiger partial charge < -0.3 is 20.7 Å². The van der Waals surface area contributed by atoms with E-state index in [4.69, 9.17) is 4.74 Å². The molecule has 0 saturated carbocycles. The van der Waals surface area contributed by atoms with Crippen LogP contribution in [0.25, 0.3) is 11.3 Å². The molecule has 1 aromatic carbocycles. The molecule has 1 saturated heterocycles. The first kappa shape index (κ1) is 28.1. The van der Waals surface area contributed by atoms with Crippen LogP contribution in [0.15, 0.2) is 49.2 Å². The number of nitrogens with one attached hydrogen (secondary N) is 4. The first-order valence-corrected chi connectivity index (χ1v) is 13.7. The van der Waals surface area contributed by atoms with Gasteiger partial charge in [-0.05, 0) is 30.7 Å². The van der Waals surface area contributed by atoms with E-state index in [1.807, 2.05) is 31.2 Å². The van der Waals surface area contributed by atoms with Gasteiger partial charge in [0, 0.05) is 55.2 Å². The van der Waals surface area contributed by atoms with E-state index in [9.17, 15) is 4.79 Å². The predicted octanol–water partition coefficient (Wildman–Crippen LogP) is 4.00. The molecule has 1 amide bonds. The molecule has 1 aliphatic heterocycles.